The molecule has 2 aliphatic rings. The fourth-order valence-corrected chi connectivity index (χ4v) is 4.25. The molecule has 8 nitrogen and oxygen atoms in total. The van der Waals surface area contributed by atoms with E-state index in [4.69, 9.17) is 9.47 Å². The first kappa shape index (κ1) is 26.5. The molecule has 0 saturated heterocycles. The number of rotatable bonds is 11. The summed E-state index contributed by atoms with van der Waals surface area (Å²) in [6, 6.07) is 15.2. The number of likely N-dealkylation sites (N-methyl/N-ethyl adjacent to an activating group) is 1. The first-order valence-electron chi connectivity index (χ1n) is 11.9. The van der Waals surface area contributed by atoms with Crippen molar-refractivity contribution in [3.05, 3.63) is 59.9 Å². The van der Waals surface area contributed by atoms with E-state index >= 15 is 0 Å². The summed E-state index contributed by atoms with van der Waals surface area (Å²) in [6.45, 7) is 8.45. The summed E-state index contributed by atoms with van der Waals surface area (Å²) in [5.41, 5.74) is 2.78. The molecule has 0 saturated carbocycles. The molecule has 2 heterocycles. The van der Waals surface area contributed by atoms with E-state index < -0.39 is 5.91 Å². The first-order chi connectivity index (χ1) is 16.6. The van der Waals surface area contributed by atoms with Gasteiger partial charge in [-0.3, -0.25) is 9.59 Å². The molecule has 2 aromatic carbocycles. The highest BCUT2D eigenvalue weighted by Gasteiger charge is 2.40. The lowest BCUT2D eigenvalue weighted by molar-refractivity contribution is -0.120. The number of ether oxygens (including phenoxy) is 2. The maximum atomic E-state index is 13.4. The highest BCUT2D eigenvalue weighted by atomic mass is 35.5. The van der Waals surface area contributed by atoms with E-state index in [0.29, 0.717) is 50.8 Å². The molecule has 2 aromatic rings. The van der Waals surface area contributed by atoms with Crippen molar-refractivity contribution in [1.82, 2.24) is 5.32 Å². The lowest BCUT2D eigenvalue weighted by atomic mass is 10.0. The minimum Gasteiger partial charge on any atom is -0.492 e. The Morgan fingerprint density at radius 3 is 2.49 bits per heavy atom. The van der Waals surface area contributed by atoms with Crippen LogP contribution in [-0.2, 0) is 14.3 Å². The van der Waals surface area contributed by atoms with Gasteiger partial charge in [-0.15, -0.1) is 12.4 Å². The van der Waals surface area contributed by atoms with Crippen LogP contribution in [0.1, 0.15) is 20.3 Å². The van der Waals surface area contributed by atoms with Crippen LogP contribution in [-0.4, -0.2) is 57.7 Å². The van der Waals surface area contributed by atoms with Gasteiger partial charge in [-0.05, 0) is 49.9 Å². The smallest absolute Gasteiger partial charge is 0.263 e. The van der Waals surface area contributed by atoms with Crippen LogP contribution < -0.4 is 25.2 Å². The van der Waals surface area contributed by atoms with Crippen molar-refractivity contribution in [3.8, 4) is 5.75 Å². The number of hydrogen-bond donors (Lipinski definition) is 2. The van der Waals surface area contributed by atoms with Crippen LogP contribution in [0.5, 0.6) is 5.75 Å². The zero-order valence-electron chi connectivity index (χ0n) is 20.2. The molecule has 1 amide bonds. The van der Waals surface area contributed by atoms with Crippen LogP contribution in [0.15, 0.2) is 59.9 Å². The summed E-state index contributed by atoms with van der Waals surface area (Å²) < 4.78 is 11.3. The van der Waals surface area contributed by atoms with Crippen LogP contribution in [0.25, 0.3) is 0 Å². The van der Waals surface area contributed by atoms with Gasteiger partial charge in [0.2, 0.25) is 0 Å². The predicted molar refractivity (Wildman–Crippen MR) is 141 cm³/mol. The molecule has 2 aliphatic heterocycles. The molecule has 0 spiro atoms. The Labute approximate surface area is 212 Å². The maximum absolute atomic E-state index is 13.4. The Bertz CT molecular complexity index is 1060. The second-order valence-electron chi connectivity index (χ2n) is 8.04. The number of para-hydroxylation sites is 2. The summed E-state index contributed by atoms with van der Waals surface area (Å²) in [6.07, 6.45) is 0.290. The molecule has 0 atom stereocenters. The molecule has 0 radical (unpaired) electrons. The van der Waals surface area contributed by atoms with Gasteiger partial charge in [-0.2, -0.15) is 0 Å². The van der Waals surface area contributed by atoms with Gasteiger partial charge < -0.3 is 29.9 Å². The molecule has 0 fully saturated rings. The molecule has 9 heteroatoms. The number of benzene rings is 2. The molecule has 188 valence electrons. The van der Waals surface area contributed by atoms with E-state index in [1.807, 2.05) is 55.1 Å². The number of Topliss-reactive ketones (excluding diaryl/α,β-unsaturated/α-hetero) is 1. The third-order valence-electron chi connectivity index (χ3n) is 5.84. The maximum Gasteiger partial charge on any atom is 0.263 e. The Balaban J connectivity index is 0.00000342. The lowest BCUT2D eigenvalue weighted by Crippen LogP contribution is -2.41. The zero-order chi connectivity index (χ0) is 23.9. The van der Waals surface area contributed by atoms with Crippen molar-refractivity contribution in [2.45, 2.75) is 20.3 Å². The van der Waals surface area contributed by atoms with Crippen molar-refractivity contribution in [3.63, 3.8) is 0 Å². The standard InChI is InChI=1S/C26H32N4O4.ClH/c1-3-27-14-17-34-20-11-9-19(10-12-20)28-25(32)24-23(31)13-15-29-21-7-5-6-8-22(21)30(26(24)29)16-18-33-4-2;/h5-12,27H,3-4,13-18H2,1-2H3,(H,28,32);1H. The Morgan fingerprint density at radius 1 is 1.03 bits per heavy atom. The molecule has 0 bridgehead atoms. The largest absolute Gasteiger partial charge is 0.492 e. The van der Waals surface area contributed by atoms with Gasteiger partial charge in [0, 0.05) is 38.3 Å². The van der Waals surface area contributed by atoms with E-state index in [-0.39, 0.29) is 23.8 Å². The summed E-state index contributed by atoms with van der Waals surface area (Å²) in [7, 11) is 0. The molecular weight excluding hydrogens is 468 g/mol. The highest BCUT2D eigenvalue weighted by Crippen LogP contribution is 2.44. The van der Waals surface area contributed by atoms with Crippen LogP contribution in [0.3, 0.4) is 0 Å². The van der Waals surface area contributed by atoms with Gasteiger partial charge in [0.05, 0.1) is 18.0 Å². The van der Waals surface area contributed by atoms with E-state index in [1.54, 1.807) is 12.1 Å². The number of ketones is 1. The molecule has 35 heavy (non-hydrogen) atoms. The normalized spacial score (nSPS) is 14.4. The molecule has 0 aliphatic carbocycles. The number of anilines is 3. The van der Waals surface area contributed by atoms with Crippen LogP contribution >= 0.6 is 12.4 Å². The Hall–Kier alpha value is -3.07. The fraction of sp³-hybridized carbons (Fsp3) is 0.385. The predicted octanol–water partition coefficient (Wildman–Crippen LogP) is 3.58. The summed E-state index contributed by atoms with van der Waals surface area (Å²) in [5.74, 6) is 0.810. The summed E-state index contributed by atoms with van der Waals surface area (Å²) in [4.78, 5) is 30.4. The van der Waals surface area contributed by atoms with Gasteiger partial charge in [0.15, 0.2) is 5.78 Å². The second-order valence-corrected chi connectivity index (χ2v) is 8.04. The summed E-state index contributed by atoms with van der Waals surface area (Å²) >= 11 is 0. The number of amides is 1. The van der Waals surface area contributed by atoms with Gasteiger partial charge >= 0.3 is 0 Å². The molecule has 2 N–H and O–H groups in total. The van der Waals surface area contributed by atoms with E-state index in [1.165, 1.54) is 0 Å². The van der Waals surface area contributed by atoms with Crippen LogP contribution in [0.4, 0.5) is 17.1 Å². The fourth-order valence-electron chi connectivity index (χ4n) is 4.25. The summed E-state index contributed by atoms with van der Waals surface area (Å²) in [5, 5.41) is 6.11. The van der Waals surface area contributed by atoms with Crippen molar-refractivity contribution in [2.24, 2.45) is 0 Å². The average Bonchev–Trinajstić information content (AvgIpc) is 3.16. The average molecular weight is 501 g/mol. The third kappa shape index (κ3) is 5.96. The SMILES string of the molecule is CCNCCOc1ccc(NC(=O)C2=C3N(CCOCC)c4ccccc4N3CCC2=O)cc1.Cl. The van der Waals surface area contributed by atoms with Gasteiger partial charge in [0.1, 0.15) is 23.8 Å². The van der Waals surface area contributed by atoms with Crippen LogP contribution in [0.2, 0.25) is 0 Å². The molecule has 0 unspecified atom stereocenters. The zero-order valence-corrected chi connectivity index (χ0v) is 21.0. The van der Waals surface area contributed by atoms with E-state index in [9.17, 15) is 9.59 Å². The lowest BCUT2D eigenvalue weighted by Gasteiger charge is -2.31. The highest BCUT2D eigenvalue weighted by molar-refractivity contribution is 6.25. The molecule has 0 aromatic heterocycles. The number of fused-ring (bicyclic) bond motifs is 3. The van der Waals surface area contributed by atoms with Crippen molar-refractivity contribution >= 4 is 41.2 Å². The van der Waals surface area contributed by atoms with Gasteiger partial charge in [-0.25, -0.2) is 0 Å². The quantitative estimate of drug-likeness (QED) is 0.360. The topological polar surface area (TPSA) is 83.1 Å². The Kier molecular flexibility index (Phi) is 9.54. The number of nitrogens with zero attached hydrogens (tertiary/aromatic N) is 2. The van der Waals surface area contributed by atoms with Crippen LogP contribution in [0, 0.1) is 0 Å². The number of carbonyl (C=O) groups is 2. The monoisotopic (exact) mass is 500 g/mol. The van der Waals surface area contributed by atoms with Crippen molar-refractivity contribution < 1.29 is 19.1 Å². The molecule has 4 rings (SSSR count). The van der Waals surface area contributed by atoms with Gasteiger partial charge in [-0.1, -0.05) is 19.1 Å². The minimum atomic E-state index is -0.403. The number of nitrogens with one attached hydrogen (secondary N) is 2. The first-order valence-corrected chi connectivity index (χ1v) is 11.9. The van der Waals surface area contributed by atoms with E-state index in [2.05, 4.69) is 15.5 Å². The van der Waals surface area contributed by atoms with Crippen molar-refractivity contribution in [2.75, 3.05) is 61.1 Å². The van der Waals surface area contributed by atoms with Crippen molar-refractivity contribution in [1.29, 1.82) is 0 Å². The van der Waals surface area contributed by atoms with E-state index in [0.717, 1.165) is 30.2 Å². The second kappa shape index (κ2) is 12.6. The minimum absolute atomic E-state index is 0. The number of hydrogen-bond acceptors (Lipinski definition) is 7. The number of carbonyl (C=O) groups excluding carboxylic acids is 2. The third-order valence-corrected chi connectivity index (χ3v) is 5.84. The molecular formula is C26H33ClN4O4. The number of halogens is 1. The Morgan fingerprint density at radius 2 is 1.77 bits per heavy atom. The van der Waals surface area contributed by atoms with Gasteiger partial charge in [0.25, 0.3) is 5.91 Å².